The fourth-order valence-electron chi connectivity index (χ4n) is 2.72. The molecule has 122 valence electrons. The maximum Gasteiger partial charge on any atom is 0.237 e. The number of aromatic nitrogens is 2. The average Bonchev–Trinajstić information content (AvgIpc) is 3.23. The summed E-state index contributed by atoms with van der Waals surface area (Å²) in [6, 6.07) is 0.125. The van der Waals surface area contributed by atoms with Gasteiger partial charge in [-0.3, -0.25) is 9.69 Å². The highest BCUT2D eigenvalue weighted by atomic mass is 32.1. The highest BCUT2D eigenvalue weighted by Crippen LogP contribution is 2.42. The van der Waals surface area contributed by atoms with Crippen LogP contribution in [0.3, 0.4) is 0 Å². The lowest BCUT2D eigenvalue weighted by Gasteiger charge is -2.37. The van der Waals surface area contributed by atoms with Crippen molar-refractivity contribution in [1.82, 2.24) is 20.4 Å². The van der Waals surface area contributed by atoms with Crippen molar-refractivity contribution in [3.8, 4) is 0 Å². The number of nitrogens with one attached hydrogen (secondary N) is 1. The molecular weight excluding hydrogens is 298 g/mol. The van der Waals surface area contributed by atoms with Crippen LogP contribution in [-0.4, -0.2) is 59.3 Å². The zero-order valence-corrected chi connectivity index (χ0v) is 14.4. The van der Waals surface area contributed by atoms with Crippen molar-refractivity contribution in [2.24, 2.45) is 0 Å². The van der Waals surface area contributed by atoms with E-state index in [1.807, 2.05) is 20.8 Å². The normalized spacial score (nSPS) is 21.2. The molecule has 6 nitrogen and oxygen atoms in total. The van der Waals surface area contributed by atoms with Gasteiger partial charge in [-0.15, -0.1) is 10.2 Å². The Hall–Kier alpha value is -1.21. The molecule has 1 saturated carbocycles. The van der Waals surface area contributed by atoms with Gasteiger partial charge in [0.25, 0.3) is 0 Å². The highest BCUT2D eigenvalue weighted by Gasteiger charge is 2.30. The summed E-state index contributed by atoms with van der Waals surface area (Å²) < 4.78 is 0. The van der Waals surface area contributed by atoms with Crippen molar-refractivity contribution in [2.75, 3.05) is 31.1 Å². The van der Waals surface area contributed by atoms with Gasteiger partial charge in [0, 0.05) is 38.1 Å². The number of carbonyl (C=O) groups excluding carboxylic acids is 1. The van der Waals surface area contributed by atoms with Gasteiger partial charge < -0.3 is 10.2 Å². The van der Waals surface area contributed by atoms with Crippen molar-refractivity contribution in [3.63, 3.8) is 0 Å². The standard InChI is InChI=1S/C15H25N5OS/c1-10(2)16-13(21)11(3)19-6-8-20(9-7-19)15-18-17-14(22-15)12-4-5-12/h10-12H,4-9H2,1-3H3,(H,16,21). The lowest BCUT2D eigenvalue weighted by Crippen LogP contribution is -2.54. The molecule has 1 saturated heterocycles. The first-order valence-electron chi connectivity index (χ1n) is 8.17. The molecule has 0 aromatic carbocycles. The number of carbonyl (C=O) groups is 1. The molecule has 2 heterocycles. The van der Waals surface area contributed by atoms with Crippen molar-refractivity contribution in [3.05, 3.63) is 5.01 Å². The molecule has 3 rings (SSSR count). The Balaban J connectivity index is 1.51. The molecule has 1 amide bonds. The zero-order valence-electron chi connectivity index (χ0n) is 13.6. The Bertz CT molecular complexity index is 520. The van der Waals surface area contributed by atoms with Crippen LogP contribution in [0.15, 0.2) is 0 Å². The Morgan fingerprint density at radius 2 is 1.86 bits per heavy atom. The van der Waals surface area contributed by atoms with Crippen LogP contribution in [0, 0.1) is 0 Å². The molecule has 1 N–H and O–H groups in total. The van der Waals surface area contributed by atoms with E-state index in [1.54, 1.807) is 11.3 Å². The molecule has 2 aliphatic rings. The van der Waals surface area contributed by atoms with Gasteiger partial charge in [0.15, 0.2) is 0 Å². The van der Waals surface area contributed by atoms with E-state index in [0.717, 1.165) is 31.3 Å². The summed E-state index contributed by atoms with van der Waals surface area (Å²) in [5, 5.41) is 13.9. The molecule has 1 aliphatic carbocycles. The first-order chi connectivity index (χ1) is 10.5. The first-order valence-corrected chi connectivity index (χ1v) is 8.99. The van der Waals surface area contributed by atoms with Crippen LogP contribution in [0.25, 0.3) is 0 Å². The molecule has 0 radical (unpaired) electrons. The fourth-order valence-corrected chi connectivity index (χ4v) is 3.79. The number of rotatable bonds is 5. The topological polar surface area (TPSA) is 61.4 Å². The van der Waals surface area contributed by atoms with Crippen LogP contribution in [0.1, 0.15) is 44.5 Å². The fraction of sp³-hybridized carbons (Fsp3) is 0.800. The monoisotopic (exact) mass is 323 g/mol. The van der Waals surface area contributed by atoms with Crippen LogP contribution in [0.2, 0.25) is 0 Å². The number of nitrogens with zero attached hydrogens (tertiary/aromatic N) is 4. The van der Waals surface area contributed by atoms with Crippen LogP contribution < -0.4 is 10.2 Å². The summed E-state index contributed by atoms with van der Waals surface area (Å²) >= 11 is 1.74. The third-order valence-corrected chi connectivity index (χ3v) is 5.45. The van der Waals surface area contributed by atoms with Crippen molar-refractivity contribution in [1.29, 1.82) is 0 Å². The second-order valence-electron chi connectivity index (χ2n) is 6.56. The van der Waals surface area contributed by atoms with E-state index in [2.05, 4.69) is 25.3 Å². The van der Waals surface area contributed by atoms with Crippen LogP contribution in [0.4, 0.5) is 5.13 Å². The zero-order chi connectivity index (χ0) is 15.7. The maximum atomic E-state index is 12.1. The van der Waals surface area contributed by atoms with E-state index >= 15 is 0 Å². The predicted octanol–water partition coefficient (Wildman–Crippen LogP) is 1.45. The van der Waals surface area contributed by atoms with Crippen LogP contribution in [-0.2, 0) is 4.79 Å². The molecule has 1 aromatic rings. The minimum absolute atomic E-state index is 0.0685. The van der Waals surface area contributed by atoms with E-state index in [9.17, 15) is 4.79 Å². The third-order valence-electron chi connectivity index (χ3n) is 4.30. The first kappa shape index (κ1) is 15.7. The number of hydrogen-bond donors (Lipinski definition) is 1. The van der Waals surface area contributed by atoms with E-state index in [4.69, 9.17) is 0 Å². The van der Waals surface area contributed by atoms with Gasteiger partial charge in [0.05, 0.1) is 6.04 Å². The Morgan fingerprint density at radius 1 is 1.18 bits per heavy atom. The van der Waals surface area contributed by atoms with E-state index in [1.165, 1.54) is 17.8 Å². The van der Waals surface area contributed by atoms with Gasteiger partial charge in [-0.1, -0.05) is 11.3 Å². The second-order valence-corrected chi connectivity index (χ2v) is 7.55. The smallest absolute Gasteiger partial charge is 0.237 e. The molecule has 1 unspecified atom stereocenters. The third kappa shape index (κ3) is 3.57. The summed E-state index contributed by atoms with van der Waals surface area (Å²) in [6.07, 6.45) is 2.54. The number of amides is 1. The van der Waals surface area contributed by atoms with Crippen molar-refractivity contribution < 1.29 is 4.79 Å². The average molecular weight is 323 g/mol. The molecular formula is C15H25N5OS. The largest absolute Gasteiger partial charge is 0.353 e. The van der Waals surface area contributed by atoms with Crippen molar-refractivity contribution in [2.45, 2.75) is 51.6 Å². The molecule has 0 spiro atoms. The molecule has 1 aliphatic heterocycles. The Labute approximate surface area is 135 Å². The van der Waals surface area contributed by atoms with Crippen LogP contribution >= 0.6 is 11.3 Å². The van der Waals surface area contributed by atoms with E-state index < -0.39 is 0 Å². The molecule has 0 bridgehead atoms. The van der Waals surface area contributed by atoms with Gasteiger partial charge in [-0.2, -0.15) is 0 Å². The van der Waals surface area contributed by atoms with Gasteiger partial charge in [-0.05, 0) is 33.6 Å². The second kappa shape index (κ2) is 6.50. The number of anilines is 1. The number of piperazine rings is 1. The summed E-state index contributed by atoms with van der Waals surface area (Å²) in [5.74, 6) is 0.794. The lowest BCUT2D eigenvalue weighted by molar-refractivity contribution is -0.126. The lowest BCUT2D eigenvalue weighted by atomic mass is 10.2. The Morgan fingerprint density at radius 3 is 2.45 bits per heavy atom. The summed E-state index contributed by atoms with van der Waals surface area (Å²) in [4.78, 5) is 16.6. The SMILES string of the molecule is CC(C)NC(=O)C(C)N1CCN(c2nnc(C3CC3)s2)CC1. The Kier molecular flexibility index (Phi) is 4.63. The van der Waals surface area contributed by atoms with Crippen molar-refractivity contribution >= 4 is 22.4 Å². The van der Waals surface area contributed by atoms with Gasteiger partial charge in [-0.25, -0.2) is 0 Å². The molecule has 1 aromatic heterocycles. The molecule has 2 fully saturated rings. The highest BCUT2D eigenvalue weighted by molar-refractivity contribution is 7.15. The maximum absolute atomic E-state index is 12.1. The summed E-state index contributed by atoms with van der Waals surface area (Å²) in [5.41, 5.74) is 0. The van der Waals surface area contributed by atoms with Gasteiger partial charge in [0.1, 0.15) is 5.01 Å². The quantitative estimate of drug-likeness (QED) is 0.889. The van der Waals surface area contributed by atoms with Gasteiger partial charge >= 0.3 is 0 Å². The minimum atomic E-state index is -0.0685. The molecule has 22 heavy (non-hydrogen) atoms. The van der Waals surface area contributed by atoms with E-state index in [-0.39, 0.29) is 18.0 Å². The van der Waals surface area contributed by atoms with E-state index in [0.29, 0.717) is 5.92 Å². The summed E-state index contributed by atoms with van der Waals surface area (Å²) in [6.45, 7) is 9.60. The minimum Gasteiger partial charge on any atom is -0.353 e. The number of hydrogen-bond acceptors (Lipinski definition) is 6. The molecule has 1 atom stereocenters. The van der Waals surface area contributed by atoms with Gasteiger partial charge in [0.2, 0.25) is 11.0 Å². The predicted molar refractivity (Wildman–Crippen MR) is 88.4 cm³/mol. The summed E-state index contributed by atoms with van der Waals surface area (Å²) in [7, 11) is 0. The van der Waals surface area contributed by atoms with Crippen LogP contribution in [0.5, 0.6) is 0 Å². The molecule has 7 heteroatoms.